The van der Waals surface area contributed by atoms with Crippen molar-refractivity contribution >= 4 is 11.6 Å². The summed E-state index contributed by atoms with van der Waals surface area (Å²) in [6, 6.07) is 0. The monoisotopic (exact) mass is 143 g/mol. The van der Waals surface area contributed by atoms with E-state index in [1.807, 2.05) is 0 Å². The average molecular weight is 144 g/mol. The number of allylic oxidation sites excluding steroid dienone is 1. The molecule has 0 bridgehead atoms. The van der Waals surface area contributed by atoms with Crippen LogP contribution >= 0.6 is 11.6 Å². The molecule has 0 radical (unpaired) electrons. The van der Waals surface area contributed by atoms with Gasteiger partial charge in [-0.1, -0.05) is 6.08 Å². The summed E-state index contributed by atoms with van der Waals surface area (Å²) in [5.41, 5.74) is 0. The van der Waals surface area contributed by atoms with E-state index in [0.717, 1.165) is 0 Å². The molecular weight excluding hydrogens is 138 g/mol. The van der Waals surface area contributed by atoms with E-state index in [-0.39, 0.29) is 0 Å². The Morgan fingerprint density at radius 2 is 2.67 bits per heavy atom. The van der Waals surface area contributed by atoms with Gasteiger partial charge in [0.05, 0.1) is 6.54 Å². The first-order valence-electron chi connectivity index (χ1n) is 2.49. The third-order valence-electron chi connectivity index (χ3n) is 0.870. The van der Waals surface area contributed by atoms with Gasteiger partial charge in [-0.2, -0.15) is 5.10 Å². The maximum Gasteiger partial charge on any atom is 0.221 e. The van der Waals surface area contributed by atoms with Crippen molar-refractivity contribution in [1.82, 2.24) is 14.8 Å². The van der Waals surface area contributed by atoms with E-state index in [2.05, 4.69) is 16.7 Å². The Labute approximate surface area is 58.0 Å². The highest BCUT2D eigenvalue weighted by Crippen LogP contribution is 2.00. The highest BCUT2D eigenvalue weighted by molar-refractivity contribution is 6.28. The second-order valence-corrected chi connectivity index (χ2v) is 1.84. The maximum absolute atomic E-state index is 5.56. The van der Waals surface area contributed by atoms with E-state index >= 15 is 0 Å². The largest absolute Gasteiger partial charge is 0.233 e. The van der Waals surface area contributed by atoms with Crippen LogP contribution in [0, 0.1) is 0 Å². The van der Waals surface area contributed by atoms with Crippen LogP contribution in [0.4, 0.5) is 0 Å². The van der Waals surface area contributed by atoms with Crippen LogP contribution in [0.5, 0.6) is 0 Å². The summed E-state index contributed by atoms with van der Waals surface area (Å²) in [6.07, 6.45) is 3.12. The lowest BCUT2D eigenvalue weighted by molar-refractivity contribution is 0.702. The molecule has 0 amide bonds. The molecule has 0 fully saturated rings. The van der Waals surface area contributed by atoms with Gasteiger partial charge in [0.1, 0.15) is 6.33 Å². The fourth-order valence-corrected chi connectivity index (χ4v) is 0.651. The fraction of sp³-hybridized carbons (Fsp3) is 0.200. The third-order valence-corrected chi connectivity index (χ3v) is 1.16. The first-order valence-corrected chi connectivity index (χ1v) is 2.86. The van der Waals surface area contributed by atoms with Crippen LogP contribution in [-0.2, 0) is 6.54 Å². The Morgan fingerprint density at radius 3 is 3.11 bits per heavy atom. The van der Waals surface area contributed by atoms with E-state index in [1.54, 1.807) is 10.8 Å². The van der Waals surface area contributed by atoms with Crippen LogP contribution in [0.1, 0.15) is 0 Å². The molecule has 0 aliphatic rings. The number of aromatic nitrogens is 3. The molecule has 1 heterocycles. The number of halogens is 1. The normalized spacial score (nSPS) is 9.44. The van der Waals surface area contributed by atoms with Gasteiger partial charge >= 0.3 is 0 Å². The Morgan fingerprint density at radius 1 is 1.89 bits per heavy atom. The lowest BCUT2D eigenvalue weighted by Gasteiger charge is -1.92. The molecule has 4 heteroatoms. The molecule has 0 saturated heterocycles. The van der Waals surface area contributed by atoms with Crippen molar-refractivity contribution in [2.24, 2.45) is 0 Å². The minimum atomic E-state index is 0.398. The summed E-state index contributed by atoms with van der Waals surface area (Å²) in [6.45, 7) is 4.14. The third kappa shape index (κ3) is 1.29. The Bertz CT molecular complexity index is 206. The number of nitrogens with zero attached hydrogens (tertiary/aromatic N) is 3. The predicted molar refractivity (Wildman–Crippen MR) is 35.2 cm³/mol. The van der Waals surface area contributed by atoms with Crippen LogP contribution in [0.25, 0.3) is 0 Å². The van der Waals surface area contributed by atoms with Crippen LogP contribution < -0.4 is 0 Å². The van der Waals surface area contributed by atoms with Gasteiger partial charge in [0.2, 0.25) is 5.28 Å². The van der Waals surface area contributed by atoms with Gasteiger partial charge in [0, 0.05) is 0 Å². The minimum Gasteiger partial charge on any atom is -0.233 e. The lowest BCUT2D eigenvalue weighted by atomic mass is 10.6. The molecule has 1 aromatic heterocycles. The standard InChI is InChI=1S/C5H6ClN3/c1-2-3-9-5(6)7-4-8-9/h2,4H,1,3H2. The van der Waals surface area contributed by atoms with Crippen molar-refractivity contribution in [2.45, 2.75) is 6.54 Å². The molecule has 0 atom stereocenters. The highest BCUT2D eigenvalue weighted by Gasteiger charge is 1.94. The zero-order valence-electron chi connectivity index (χ0n) is 4.79. The van der Waals surface area contributed by atoms with E-state index in [1.165, 1.54) is 6.33 Å². The van der Waals surface area contributed by atoms with Crippen LogP contribution in [0.15, 0.2) is 19.0 Å². The van der Waals surface area contributed by atoms with Crippen molar-refractivity contribution in [3.63, 3.8) is 0 Å². The van der Waals surface area contributed by atoms with Crippen molar-refractivity contribution in [3.8, 4) is 0 Å². The summed E-state index contributed by atoms with van der Waals surface area (Å²) >= 11 is 5.56. The zero-order valence-corrected chi connectivity index (χ0v) is 5.54. The van der Waals surface area contributed by atoms with Crippen LogP contribution in [0.3, 0.4) is 0 Å². The Hall–Kier alpha value is -0.830. The molecule has 1 rings (SSSR count). The summed E-state index contributed by atoms with van der Waals surface area (Å²) in [4.78, 5) is 3.70. The summed E-state index contributed by atoms with van der Waals surface area (Å²) < 4.78 is 1.55. The van der Waals surface area contributed by atoms with Gasteiger partial charge in [-0.25, -0.2) is 9.67 Å². The van der Waals surface area contributed by atoms with E-state index < -0.39 is 0 Å². The predicted octanol–water partition coefficient (Wildman–Crippen LogP) is 1.12. The van der Waals surface area contributed by atoms with Gasteiger partial charge in [0.25, 0.3) is 0 Å². The smallest absolute Gasteiger partial charge is 0.221 e. The fourth-order valence-electron chi connectivity index (χ4n) is 0.495. The maximum atomic E-state index is 5.56. The van der Waals surface area contributed by atoms with Crippen LogP contribution in [0.2, 0.25) is 5.28 Å². The van der Waals surface area contributed by atoms with Gasteiger partial charge in [-0.15, -0.1) is 6.58 Å². The summed E-state index contributed by atoms with van der Waals surface area (Å²) in [5, 5.41) is 4.21. The van der Waals surface area contributed by atoms with Gasteiger partial charge in [-0.3, -0.25) is 0 Å². The van der Waals surface area contributed by atoms with E-state index in [4.69, 9.17) is 11.6 Å². The molecule has 3 nitrogen and oxygen atoms in total. The number of hydrogen-bond donors (Lipinski definition) is 0. The average Bonchev–Trinajstić information content (AvgIpc) is 2.18. The molecule has 0 aliphatic heterocycles. The molecule has 48 valence electrons. The molecule has 0 N–H and O–H groups in total. The van der Waals surface area contributed by atoms with Crippen molar-refractivity contribution in [2.75, 3.05) is 0 Å². The molecular formula is C5H6ClN3. The van der Waals surface area contributed by atoms with E-state index in [0.29, 0.717) is 11.8 Å². The molecule has 0 aromatic carbocycles. The first-order chi connectivity index (χ1) is 4.34. The Kier molecular flexibility index (Phi) is 1.85. The van der Waals surface area contributed by atoms with Gasteiger partial charge in [0.15, 0.2) is 0 Å². The number of rotatable bonds is 2. The summed E-state index contributed by atoms with van der Waals surface area (Å²) in [7, 11) is 0. The second-order valence-electron chi connectivity index (χ2n) is 1.50. The van der Waals surface area contributed by atoms with E-state index in [9.17, 15) is 0 Å². The summed E-state index contributed by atoms with van der Waals surface area (Å²) in [5.74, 6) is 0. The quantitative estimate of drug-likeness (QED) is 0.581. The lowest BCUT2D eigenvalue weighted by Crippen LogP contribution is -1.96. The van der Waals surface area contributed by atoms with Gasteiger partial charge < -0.3 is 0 Å². The molecule has 1 aromatic rings. The second kappa shape index (κ2) is 2.64. The molecule has 0 saturated carbocycles. The zero-order chi connectivity index (χ0) is 6.69. The van der Waals surface area contributed by atoms with Crippen LogP contribution in [-0.4, -0.2) is 14.8 Å². The number of hydrogen-bond acceptors (Lipinski definition) is 2. The first kappa shape index (κ1) is 6.29. The SMILES string of the molecule is C=CCn1ncnc1Cl. The minimum absolute atomic E-state index is 0.398. The molecule has 0 aliphatic carbocycles. The Balaban J connectivity index is 2.80. The molecule has 0 spiro atoms. The topological polar surface area (TPSA) is 30.7 Å². The highest BCUT2D eigenvalue weighted by atomic mass is 35.5. The molecule has 9 heavy (non-hydrogen) atoms. The van der Waals surface area contributed by atoms with Crippen molar-refractivity contribution in [1.29, 1.82) is 0 Å². The van der Waals surface area contributed by atoms with Crippen molar-refractivity contribution in [3.05, 3.63) is 24.3 Å². The van der Waals surface area contributed by atoms with Crippen molar-refractivity contribution < 1.29 is 0 Å². The molecule has 0 unspecified atom stereocenters. The van der Waals surface area contributed by atoms with Gasteiger partial charge in [-0.05, 0) is 11.6 Å².